The summed E-state index contributed by atoms with van der Waals surface area (Å²) >= 11 is 0. The van der Waals surface area contributed by atoms with E-state index in [2.05, 4.69) is 9.47 Å². The summed E-state index contributed by atoms with van der Waals surface area (Å²) in [5, 5.41) is 0. The number of halogens is 6. The molecule has 1 rings (SSSR count). The lowest BCUT2D eigenvalue weighted by Crippen LogP contribution is -2.56. The van der Waals surface area contributed by atoms with Gasteiger partial charge in [0.05, 0.1) is 0 Å². The molecular weight excluding hydrogens is 218 g/mol. The Labute approximate surface area is 74.1 Å². The fraction of sp³-hybridized carbons (Fsp3) is 0.667. The predicted octanol–water partition coefficient (Wildman–Crippen LogP) is 2.72. The van der Waals surface area contributed by atoms with Gasteiger partial charge in [-0.3, -0.25) is 0 Å². The standard InChI is InChI=1S/C6H4F6O2/c1-4(13-2-3(7)14-4)5(8,9)6(10,11)12/h2H,1H3. The van der Waals surface area contributed by atoms with Gasteiger partial charge in [-0.15, -0.1) is 0 Å². The second-order valence-electron chi connectivity index (χ2n) is 2.66. The van der Waals surface area contributed by atoms with Crippen LogP contribution in [0.5, 0.6) is 0 Å². The van der Waals surface area contributed by atoms with Crippen molar-refractivity contribution in [3.8, 4) is 0 Å². The Hall–Kier alpha value is -1.08. The van der Waals surface area contributed by atoms with Gasteiger partial charge in [0.2, 0.25) is 0 Å². The van der Waals surface area contributed by atoms with Gasteiger partial charge in [-0.1, -0.05) is 0 Å². The summed E-state index contributed by atoms with van der Waals surface area (Å²) in [6.07, 6.45) is -5.82. The molecule has 0 saturated carbocycles. The quantitative estimate of drug-likeness (QED) is 0.635. The maximum atomic E-state index is 12.6. The Morgan fingerprint density at radius 2 is 1.71 bits per heavy atom. The zero-order chi connectivity index (χ0) is 11.2. The van der Waals surface area contributed by atoms with Gasteiger partial charge in [0.15, 0.2) is 6.26 Å². The van der Waals surface area contributed by atoms with Crippen molar-refractivity contribution in [3.63, 3.8) is 0 Å². The number of hydrogen-bond donors (Lipinski definition) is 0. The molecule has 0 bridgehead atoms. The van der Waals surface area contributed by atoms with Gasteiger partial charge in [-0.2, -0.15) is 26.3 Å². The normalized spacial score (nSPS) is 28.1. The van der Waals surface area contributed by atoms with Crippen molar-refractivity contribution in [3.05, 3.63) is 12.3 Å². The average Bonchev–Trinajstić information content (AvgIpc) is 2.30. The third-order valence-corrected chi connectivity index (χ3v) is 1.60. The van der Waals surface area contributed by atoms with E-state index < -0.39 is 23.9 Å². The average molecular weight is 222 g/mol. The number of ether oxygens (including phenoxy) is 2. The molecule has 0 aromatic rings. The third-order valence-electron chi connectivity index (χ3n) is 1.60. The van der Waals surface area contributed by atoms with E-state index in [1.165, 1.54) is 0 Å². The highest BCUT2D eigenvalue weighted by molar-refractivity contribution is 4.98. The number of alkyl halides is 5. The molecule has 82 valence electrons. The van der Waals surface area contributed by atoms with E-state index in [9.17, 15) is 26.3 Å². The summed E-state index contributed by atoms with van der Waals surface area (Å²) in [6, 6.07) is -1.63. The molecule has 1 aliphatic heterocycles. The highest BCUT2D eigenvalue weighted by atomic mass is 19.4. The molecule has 1 unspecified atom stereocenters. The fourth-order valence-electron chi connectivity index (χ4n) is 0.789. The minimum Gasteiger partial charge on any atom is -0.448 e. The minimum atomic E-state index is -5.87. The molecule has 0 fully saturated rings. The highest BCUT2D eigenvalue weighted by Crippen LogP contribution is 2.48. The second-order valence-corrected chi connectivity index (χ2v) is 2.66. The number of hydrogen-bond acceptors (Lipinski definition) is 2. The summed E-state index contributed by atoms with van der Waals surface area (Å²) in [7, 11) is 0. The Morgan fingerprint density at radius 3 is 2.00 bits per heavy atom. The summed E-state index contributed by atoms with van der Waals surface area (Å²) in [6.45, 7) is 0.295. The van der Waals surface area contributed by atoms with Gasteiger partial charge >= 0.3 is 23.9 Å². The van der Waals surface area contributed by atoms with Gasteiger partial charge < -0.3 is 9.47 Å². The zero-order valence-corrected chi connectivity index (χ0v) is 6.66. The molecule has 14 heavy (non-hydrogen) atoms. The van der Waals surface area contributed by atoms with E-state index in [4.69, 9.17) is 0 Å². The molecule has 0 aromatic heterocycles. The Kier molecular flexibility index (Phi) is 2.13. The molecule has 0 spiro atoms. The molecule has 1 aliphatic rings. The van der Waals surface area contributed by atoms with Gasteiger partial charge in [0, 0.05) is 6.92 Å². The van der Waals surface area contributed by atoms with Crippen molar-refractivity contribution < 1.29 is 35.8 Å². The fourth-order valence-corrected chi connectivity index (χ4v) is 0.789. The van der Waals surface area contributed by atoms with E-state index in [0.29, 0.717) is 6.92 Å². The molecule has 2 nitrogen and oxygen atoms in total. The lowest BCUT2D eigenvalue weighted by atomic mass is 10.1. The Balaban J connectivity index is 2.95. The molecule has 0 aromatic carbocycles. The topological polar surface area (TPSA) is 18.5 Å². The Bertz CT molecular complexity index is 270. The van der Waals surface area contributed by atoms with Gasteiger partial charge in [0.1, 0.15) is 0 Å². The molecule has 0 radical (unpaired) electrons. The Morgan fingerprint density at radius 1 is 1.21 bits per heavy atom. The second kappa shape index (κ2) is 2.71. The minimum absolute atomic E-state index is 0.0552. The van der Waals surface area contributed by atoms with Crippen LogP contribution in [0.15, 0.2) is 12.3 Å². The summed E-state index contributed by atoms with van der Waals surface area (Å²) < 4.78 is 80.3. The maximum Gasteiger partial charge on any atom is 0.461 e. The lowest BCUT2D eigenvalue weighted by molar-refractivity contribution is -0.383. The van der Waals surface area contributed by atoms with Crippen LogP contribution >= 0.6 is 0 Å². The molecular formula is C6H4F6O2. The smallest absolute Gasteiger partial charge is 0.448 e. The van der Waals surface area contributed by atoms with Crippen LogP contribution in [0.3, 0.4) is 0 Å². The molecule has 0 saturated heterocycles. The van der Waals surface area contributed by atoms with Crippen molar-refractivity contribution in [2.45, 2.75) is 24.8 Å². The zero-order valence-electron chi connectivity index (χ0n) is 6.66. The van der Waals surface area contributed by atoms with Gasteiger partial charge in [0.25, 0.3) is 0 Å². The first-order valence-electron chi connectivity index (χ1n) is 3.27. The summed E-state index contributed by atoms with van der Waals surface area (Å²) in [4.78, 5) is 0. The third kappa shape index (κ3) is 1.38. The van der Waals surface area contributed by atoms with Crippen molar-refractivity contribution in [2.24, 2.45) is 0 Å². The van der Waals surface area contributed by atoms with E-state index in [1.54, 1.807) is 0 Å². The van der Waals surface area contributed by atoms with E-state index in [-0.39, 0.29) is 6.26 Å². The highest BCUT2D eigenvalue weighted by Gasteiger charge is 2.73. The van der Waals surface area contributed by atoms with E-state index in [1.807, 2.05) is 0 Å². The largest absolute Gasteiger partial charge is 0.461 e. The first kappa shape index (κ1) is 11.0. The van der Waals surface area contributed by atoms with Crippen LogP contribution in [0.4, 0.5) is 26.3 Å². The van der Waals surface area contributed by atoms with E-state index >= 15 is 0 Å². The van der Waals surface area contributed by atoms with Crippen molar-refractivity contribution in [1.29, 1.82) is 0 Å². The van der Waals surface area contributed by atoms with Crippen LogP contribution in [-0.4, -0.2) is 17.9 Å². The van der Waals surface area contributed by atoms with Gasteiger partial charge in [-0.25, -0.2) is 0 Å². The maximum absolute atomic E-state index is 12.6. The summed E-state index contributed by atoms with van der Waals surface area (Å²) in [5.41, 5.74) is 0. The van der Waals surface area contributed by atoms with Crippen LogP contribution < -0.4 is 0 Å². The summed E-state index contributed by atoms with van der Waals surface area (Å²) in [5.74, 6) is -8.68. The van der Waals surface area contributed by atoms with Crippen LogP contribution in [0, 0.1) is 0 Å². The van der Waals surface area contributed by atoms with Crippen molar-refractivity contribution >= 4 is 0 Å². The molecule has 0 N–H and O–H groups in total. The predicted molar refractivity (Wildman–Crippen MR) is 30.8 cm³/mol. The molecule has 8 heteroatoms. The van der Waals surface area contributed by atoms with E-state index in [0.717, 1.165) is 0 Å². The van der Waals surface area contributed by atoms with Crippen LogP contribution in [0.2, 0.25) is 0 Å². The van der Waals surface area contributed by atoms with Crippen molar-refractivity contribution in [1.82, 2.24) is 0 Å². The lowest BCUT2D eigenvalue weighted by Gasteiger charge is -2.32. The monoisotopic (exact) mass is 222 g/mol. The molecule has 0 aliphatic carbocycles. The molecule has 1 heterocycles. The first-order chi connectivity index (χ1) is 6.10. The van der Waals surface area contributed by atoms with Crippen LogP contribution in [0.1, 0.15) is 6.92 Å². The molecule has 0 amide bonds. The van der Waals surface area contributed by atoms with Crippen LogP contribution in [0.25, 0.3) is 0 Å². The first-order valence-corrected chi connectivity index (χ1v) is 3.27. The molecule has 1 atom stereocenters. The van der Waals surface area contributed by atoms with Crippen molar-refractivity contribution in [2.75, 3.05) is 0 Å². The SMILES string of the molecule is CC1(C(F)(F)C(F)(F)F)OC=C(F)O1. The van der Waals surface area contributed by atoms with Crippen LogP contribution in [-0.2, 0) is 9.47 Å². The van der Waals surface area contributed by atoms with Gasteiger partial charge in [-0.05, 0) is 0 Å². The number of rotatable bonds is 1.